The van der Waals surface area contributed by atoms with E-state index in [1.54, 1.807) is 0 Å². The molecular weight excluding hydrogens is 362 g/mol. The molecule has 3 aromatic carbocycles. The van der Waals surface area contributed by atoms with Crippen molar-refractivity contribution in [1.82, 2.24) is 0 Å². The van der Waals surface area contributed by atoms with Crippen molar-refractivity contribution in [3.05, 3.63) is 90.0 Å². The van der Waals surface area contributed by atoms with E-state index in [1.807, 2.05) is 60.7 Å². The number of hydrogen-bond donors (Lipinski definition) is 1. The number of aliphatic carboxylic acids is 1. The summed E-state index contributed by atoms with van der Waals surface area (Å²) in [6.07, 6.45) is 2.96. The van der Waals surface area contributed by atoms with E-state index in [1.165, 1.54) is 5.56 Å². The van der Waals surface area contributed by atoms with Crippen LogP contribution in [-0.2, 0) is 11.2 Å². The zero-order valence-electron chi connectivity index (χ0n) is 16.3. The second-order valence-corrected chi connectivity index (χ2v) is 7.45. The van der Waals surface area contributed by atoms with Gasteiger partial charge in [-0.15, -0.1) is 0 Å². The van der Waals surface area contributed by atoms with E-state index in [0.717, 1.165) is 48.6 Å². The van der Waals surface area contributed by atoms with Gasteiger partial charge in [0.15, 0.2) is 0 Å². The summed E-state index contributed by atoms with van der Waals surface area (Å²) in [5, 5.41) is 9.13. The maximum atomic E-state index is 11.1. The van der Waals surface area contributed by atoms with E-state index < -0.39 is 5.97 Å². The molecule has 0 saturated carbocycles. The molecule has 0 bridgehead atoms. The first-order chi connectivity index (χ1) is 14.2. The van der Waals surface area contributed by atoms with Crippen LogP contribution in [0.15, 0.2) is 78.9 Å². The molecule has 4 nitrogen and oxygen atoms in total. The van der Waals surface area contributed by atoms with Crippen molar-refractivity contribution >= 4 is 11.7 Å². The van der Waals surface area contributed by atoms with Gasteiger partial charge in [0.25, 0.3) is 0 Å². The molecule has 0 spiro atoms. The molecule has 0 unspecified atom stereocenters. The van der Waals surface area contributed by atoms with E-state index in [9.17, 15) is 4.79 Å². The summed E-state index contributed by atoms with van der Waals surface area (Å²) in [7, 11) is 0. The molecule has 1 saturated heterocycles. The van der Waals surface area contributed by atoms with Gasteiger partial charge < -0.3 is 14.7 Å². The number of benzene rings is 3. The van der Waals surface area contributed by atoms with Crippen molar-refractivity contribution in [3.63, 3.8) is 0 Å². The van der Waals surface area contributed by atoms with Crippen LogP contribution in [0.4, 0.5) is 5.69 Å². The van der Waals surface area contributed by atoms with Crippen molar-refractivity contribution in [2.75, 3.05) is 11.4 Å². The summed E-state index contributed by atoms with van der Waals surface area (Å²) < 4.78 is 6.18. The Morgan fingerprint density at radius 3 is 2.45 bits per heavy atom. The molecule has 1 aliphatic heterocycles. The van der Waals surface area contributed by atoms with Crippen LogP contribution in [0.1, 0.15) is 30.4 Å². The maximum Gasteiger partial charge on any atom is 0.305 e. The molecule has 4 rings (SSSR count). The van der Waals surface area contributed by atoms with Crippen LogP contribution in [-0.4, -0.2) is 23.7 Å². The second-order valence-electron chi connectivity index (χ2n) is 7.45. The highest BCUT2D eigenvalue weighted by molar-refractivity contribution is 5.69. The third-order valence-corrected chi connectivity index (χ3v) is 5.39. The van der Waals surface area contributed by atoms with Crippen molar-refractivity contribution < 1.29 is 14.6 Å². The van der Waals surface area contributed by atoms with Gasteiger partial charge in [-0.2, -0.15) is 0 Å². The van der Waals surface area contributed by atoms with Crippen LogP contribution >= 0.6 is 0 Å². The van der Waals surface area contributed by atoms with Crippen molar-refractivity contribution in [1.29, 1.82) is 0 Å². The summed E-state index contributed by atoms with van der Waals surface area (Å²) in [4.78, 5) is 13.3. The maximum absolute atomic E-state index is 11.1. The minimum absolute atomic E-state index is 0.0749. The zero-order chi connectivity index (χ0) is 20.1. The molecule has 29 heavy (non-hydrogen) atoms. The Balaban J connectivity index is 1.48. The highest BCUT2D eigenvalue weighted by Gasteiger charge is 2.26. The van der Waals surface area contributed by atoms with Gasteiger partial charge in [0, 0.05) is 24.7 Å². The number of ether oxygens (including phenoxy) is 1. The fourth-order valence-electron chi connectivity index (χ4n) is 3.99. The summed E-state index contributed by atoms with van der Waals surface area (Å²) in [5.41, 5.74) is 3.44. The molecule has 1 fully saturated rings. The Labute approximate surface area is 171 Å². The Bertz CT molecular complexity index is 953. The molecule has 1 atom stereocenters. The van der Waals surface area contributed by atoms with Crippen LogP contribution in [0.2, 0.25) is 0 Å². The number of nitrogens with zero attached hydrogens (tertiary/aromatic N) is 1. The average Bonchev–Trinajstić information content (AvgIpc) is 3.18. The lowest BCUT2D eigenvalue weighted by Crippen LogP contribution is -2.31. The summed E-state index contributed by atoms with van der Waals surface area (Å²) in [6.45, 7) is 0.901. The lowest BCUT2D eigenvalue weighted by molar-refractivity contribution is -0.137. The molecule has 3 aromatic rings. The molecule has 0 amide bonds. The highest BCUT2D eigenvalue weighted by Crippen LogP contribution is 2.31. The SMILES string of the molecule is O=C(O)C[C@@H]1CCCN1c1ccc(Oc2ccccc2Cc2ccccc2)cc1. The predicted octanol–water partition coefficient (Wildman–Crippen LogP) is 5.51. The number of anilines is 1. The number of rotatable bonds is 7. The molecule has 0 radical (unpaired) electrons. The fraction of sp³-hybridized carbons (Fsp3) is 0.240. The molecule has 148 valence electrons. The highest BCUT2D eigenvalue weighted by atomic mass is 16.5. The van der Waals surface area contributed by atoms with Gasteiger partial charge in [-0.05, 0) is 54.3 Å². The normalized spacial score (nSPS) is 16.0. The van der Waals surface area contributed by atoms with Gasteiger partial charge >= 0.3 is 5.97 Å². The lowest BCUT2D eigenvalue weighted by atomic mass is 10.0. The molecule has 4 heteroatoms. The number of carboxylic acids is 1. The van der Waals surface area contributed by atoms with Gasteiger partial charge in [-0.1, -0.05) is 48.5 Å². The Kier molecular flexibility index (Phi) is 5.80. The van der Waals surface area contributed by atoms with E-state index in [4.69, 9.17) is 9.84 Å². The third kappa shape index (κ3) is 4.77. The number of carbonyl (C=O) groups is 1. The van der Waals surface area contributed by atoms with E-state index in [2.05, 4.69) is 23.1 Å². The quantitative estimate of drug-likeness (QED) is 0.580. The summed E-state index contributed by atoms with van der Waals surface area (Å²) in [5.74, 6) is 0.897. The van der Waals surface area contributed by atoms with Crippen molar-refractivity contribution in [3.8, 4) is 11.5 Å². The summed E-state index contributed by atoms with van der Waals surface area (Å²) >= 11 is 0. The molecular formula is C25H25NO3. The van der Waals surface area contributed by atoms with E-state index in [0.29, 0.717) is 0 Å². The van der Waals surface area contributed by atoms with E-state index >= 15 is 0 Å². The van der Waals surface area contributed by atoms with Gasteiger partial charge in [0.05, 0.1) is 6.42 Å². The van der Waals surface area contributed by atoms with Crippen molar-refractivity contribution in [2.45, 2.75) is 31.7 Å². The number of para-hydroxylation sites is 1. The smallest absolute Gasteiger partial charge is 0.305 e. The zero-order valence-corrected chi connectivity index (χ0v) is 16.3. The first-order valence-corrected chi connectivity index (χ1v) is 10.1. The van der Waals surface area contributed by atoms with Crippen LogP contribution in [0.25, 0.3) is 0 Å². The van der Waals surface area contributed by atoms with Crippen LogP contribution in [0, 0.1) is 0 Å². The lowest BCUT2D eigenvalue weighted by Gasteiger charge is -2.25. The molecule has 1 N–H and O–H groups in total. The van der Waals surface area contributed by atoms with E-state index in [-0.39, 0.29) is 12.5 Å². The molecule has 0 aromatic heterocycles. The second kappa shape index (κ2) is 8.82. The van der Waals surface area contributed by atoms with Gasteiger partial charge in [-0.25, -0.2) is 0 Å². The largest absolute Gasteiger partial charge is 0.481 e. The van der Waals surface area contributed by atoms with Crippen LogP contribution in [0.3, 0.4) is 0 Å². The van der Waals surface area contributed by atoms with Gasteiger partial charge in [0.1, 0.15) is 11.5 Å². The van der Waals surface area contributed by atoms with Gasteiger partial charge in [0.2, 0.25) is 0 Å². The number of carboxylic acid groups (broad SMARTS) is 1. The van der Waals surface area contributed by atoms with Gasteiger partial charge in [-0.3, -0.25) is 4.79 Å². The van der Waals surface area contributed by atoms with Crippen LogP contribution in [0.5, 0.6) is 11.5 Å². The first-order valence-electron chi connectivity index (χ1n) is 10.1. The fourth-order valence-corrected chi connectivity index (χ4v) is 3.99. The number of hydrogen-bond acceptors (Lipinski definition) is 3. The third-order valence-electron chi connectivity index (χ3n) is 5.39. The Morgan fingerprint density at radius 2 is 1.69 bits per heavy atom. The predicted molar refractivity (Wildman–Crippen MR) is 115 cm³/mol. The Morgan fingerprint density at radius 1 is 0.966 bits per heavy atom. The average molecular weight is 387 g/mol. The molecule has 0 aliphatic carbocycles. The Hall–Kier alpha value is -3.27. The van der Waals surface area contributed by atoms with Crippen LogP contribution < -0.4 is 9.64 Å². The standard InChI is InChI=1S/C25H25NO3/c27-25(28)18-22-10-6-16-26(22)21-12-14-23(15-13-21)29-24-11-5-4-9-20(24)17-19-7-2-1-3-8-19/h1-5,7-9,11-15,22H,6,10,16-18H2,(H,27,28)/t22-/m0/s1. The first kappa shape index (κ1) is 19.1. The molecule has 1 heterocycles. The monoisotopic (exact) mass is 387 g/mol. The minimum atomic E-state index is -0.739. The topological polar surface area (TPSA) is 49.8 Å². The minimum Gasteiger partial charge on any atom is -0.481 e. The summed E-state index contributed by atoms with van der Waals surface area (Å²) in [6, 6.07) is 26.5. The molecule has 1 aliphatic rings. The van der Waals surface area contributed by atoms with Crippen molar-refractivity contribution in [2.24, 2.45) is 0 Å².